The summed E-state index contributed by atoms with van der Waals surface area (Å²) >= 11 is 8.55. The van der Waals surface area contributed by atoms with Gasteiger partial charge >= 0.3 is 0 Å². The molecule has 0 atom stereocenters. The SMILES string of the molecule is Brc1c2c(c3ccc4c5c(c(Br)c6ccc1c3c64)C1c3ccccc3C5c3ccccc31)C1c3ccccc3C2c2ccccc21. The van der Waals surface area contributed by atoms with Crippen molar-refractivity contribution in [1.29, 1.82) is 0 Å². The van der Waals surface area contributed by atoms with E-state index in [1.807, 2.05) is 0 Å². The molecule has 0 spiro atoms. The summed E-state index contributed by atoms with van der Waals surface area (Å²) in [7, 11) is 0. The minimum Gasteiger partial charge on any atom is -0.0619 e. The van der Waals surface area contributed by atoms with E-state index < -0.39 is 0 Å². The number of hydrogen-bond acceptors (Lipinski definition) is 0. The van der Waals surface area contributed by atoms with Gasteiger partial charge in [-0.05, 0) is 131 Å². The van der Waals surface area contributed by atoms with Crippen LogP contribution in [0.3, 0.4) is 0 Å². The molecule has 0 unspecified atom stereocenters. The molecule has 0 radical (unpaired) electrons. The van der Waals surface area contributed by atoms with Crippen LogP contribution >= 0.6 is 31.9 Å². The lowest BCUT2D eigenvalue weighted by Crippen LogP contribution is -2.29. The zero-order valence-corrected chi connectivity index (χ0v) is 27.8. The van der Waals surface area contributed by atoms with Gasteiger partial charge in [-0.15, -0.1) is 0 Å². The first-order valence-corrected chi connectivity index (χ1v) is 17.8. The van der Waals surface area contributed by atoms with Gasteiger partial charge in [-0.25, -0.2) is 0 Å². The fourth-order valence-electron chi connectivity index (χ4n) is 10.4. The van der Waals surface area contributed by atoms with E-state index in [2.05, 4.69) is 153 Å². The van der Waals surface area contributed by atoms with Crippen LogP contribution in [-0.4, -0.2) is 0 Å². The summed E-state index contributed by atoms with van der Waals surface area (Å²) in [6, 6.07) is 46.4. The van der Waals surface area contributed by atoms with Gasteiger partial charge in [-0.3, -0.25) is 0 Å². The molecule has 0 saturated heterocycles. The highest BCUT2D eigenvalue weighted by atomic mass is 79.9. The average molecular weight is 712 g/mol. The first kappa shape index (κ1) is 24.9. The molecular formula is C44H24Br2. The van der Waals surface area contributed by atoms with Crippen LogP contribution in [0.1, 0.15) is 90.4 Å². The van der Waals surface area contributed by atoms with Crippen LogP contribution in [-0.2, 0) is 0 Å². The largest absolute Gasteiger partial charge is 0.0619 e. The fourth-order valence-corrected chi connectivity index (χ4v) is 11.9. The van der Waals surface area contributed by atoms with Crippen molar-refractivity contribution in [3.05, 3.63) is 197 Å². The van der Waals surface area contributed by atoms with Crippen LogP contribution in [0.25, 0.3) is 32.3 Å². The molecule has 2 heteroatoms. The van der Waals surface area contributed by atoms with Crippen LogP contribution in [0.5, 0.6) is 0 Å². The lowest BCUT2D eigenvalue weighted by molar-refractivity contribution is 0.757. The van der Waals surface area contributed by atoms with E-state index in [0.29, 0.717) is 0 Å². The first-order chi connectivity index (χ1) is 22.7. The number of hydrogen-bond donors (Lipinski definition) is 0. The molecule has 0 heterocycles. The van der Waals surface area contributed by atoms with Gasteiger partial charge in [-0.1, -0.05) is 121 Å². The normalized spacial score (nSPS) is 20.8. The molecule has 0 aliphatic heterocycles. The Morgan fingerprint density at radius 1 is 0.283 bits per heavy atom. The predicted molar refractivity (Wildman–Crippen MR) is 195 cm³/mol. The molecule has 46 heavy (non-hydrogen) atoms. The van der Waals surface area contributed by atoms with Gasteiger partial charge in [0.2, 0.25) is 0 Å². The number of rotatable bonds is 0. The summed E-state index contributed by atoms with van der Waals surface area (Å²) in [6.07, 6.45) is 0. The van der Waals surface area contributed by atoms with Crippen LogP contribution in [0.4, 0.5) is 0 Å². The van der Waals surface area contributed by atoms with Crippen molar-refractivity contribution in [2.45, 2.75) is 23.7 Å². The van der Waals surface area contributed by atoms with Crippen LogP contribution in [0.15, 0.2) is 130 Å². The van der Waals surface area contributed by atoms with Gasteiger partial charge in [0.15, 0.2) is 0 Å². The second-order valence-electron chi connectivity index (χ2n) is 13.6. The van der Waals surface area contributed by atoms with Crippen molar-refractivity contribution in [1.82, 2.24) is 0 Å². The topological polar surface area (TPSA) is 0 Å². The van der Waals surface area contributed by atoms with Gasteiger partial charge in [-0.2, -0.15) is 0 Å². The second kappa shape index (κ2) is 8.37. The summed E-state index contributed by atoms with van der Waals surface area (Å²) < 4.78 is 2.52. The van der Waals surface area contributed by atoms with E-state index in [4.69, 9.17) is 0 Å². The second-order valence-corrected chi connectivity index (χ2v) is 15.2. The molecule has 0 saturated carbocycles. The maximum absolute atomic E-state index is 4.27. The highest BCUT2D eigenvalue weighted by molar-refractivity contribution is 9.11. The molecule has 8 aromatic carbocycles. The molecule has 8 aromatic rings. The third kappa shape index (κ3) is 2.66. The monoisotopic (exact) mass is 710 g/mol. The highest BCUT2D eigenvalue weighted by Crippen LogP contribution is 2.63. The van der Waals surface area contributed by atoms with Gasteiger partial charge in [0.05, 0.1) is 0 Å². The third-order valence-electron chi connectivity index (χ3n) is 11.9. The first-order valence-electron chi connectivity index (χ1n) is 16.2. The van der Waals surface area contributed by atoms with Crippen molar-refractivity contribution >= 4 is 64.2 Å². The van der Waals surface area contributed by atoms with E-state index in [9.17, 15) is 0 Å². The van der Waals surface area contributed by atoms with Crippen molar-refractivity contribution in [2.75, 3.05) is 0 Å². The molecule has 0 nitrogen and oxygen atoms in total. The number of halogens is 2. The van der Waals surface area contributed by atoms with Crippen molar-refractivity contribution < 1.29 is 0 Å². The molecule has 6 aliphatic carbocycles. The lowest BCUT2D eigenvalue weighted by atomic mass is 9.59. The van der Waals surface area contributed by atoms with Gasteiger partial charge in [0, 0.05) is 32.6 Å². The Kier molecular flexibility index (Phi) is 4.53. The van der Waals surface area contributed by atoms with Crippen molar-refractivity contribution in [2.24, 2.45) is 0 Å². The van der Waals surface area contributed by atoms with Gasteiger partial charge < -0.3 is 0 Å². The molecule has 0 N–H and O–H groups in total. The van der Waals surface area contributed by atoms with Crippen molar-refractivity contribution in [3.63, 3.8) is 0 Å². The van der Waals surface area contributed by atoms with Crippen LogP contribution < -0.4 is 0 Å². The Morgan fingerprint density at radius 2 is 0.522 bits per heavy atom. The molecule has 214 valence electrons. The molecule has 4 bridgehead atoms. The molecule has 6 aliphatic rings. The van der Waals surface area contributed by atoms with Gasteiger partial charge in [0.1, 0.15) is 0 Å². The summed E-state index contributed by atoms with van der Waals surface area (Å²) in [5, 5.41) is 8.24. The summed E-state index contributed by atoms with van der Waals surface area (Å²) in [5.74, 6) is 0.902. The maximum atomic E-state index is 4.27. The smallest absolute Gasteiger partial charge is 0.0360 e. The average Bonchev–Trinajstić information content (AvgIpc) is 3.12. The predicted octanol–water partition coefficient (Wildman–Crippen LogP) is 12.1. The standard InChI is InChI=1S/C44H24Br2/c45-43-31-19-20-32-38-30(40-34-23-11-3-7-15-27(23)36(42(40)44(32)46)28-16-8-4-12-24(28)34)18-17-29(37(31)38)39-33-21-9-1-5-13-25(21)35(41(39)43)26-14-6-2-10-22(26)33/h1-20,33-36H. The Morgan fingerprint density at radius 3 is 0.804 bits per heavy atom. The molecule has 0 amide bonds. The van der Waals surface area contributed by atoms with Crippen molar-refractivity contribution in [3.8, 4) is 0 Å². The Hall–Kier alpha value is -4.24. The molecule has 14 rings (SSSR count). The summed E-state index contributed by atoms with van der Waals surface area (Å²) in [6.45, 7) is 0. The molecule has 0 aromatic heterocycles. The minimum atomic E-state index is 0.223. The van der Waals surface area contributed by atoms with Gasteiger partial charge in [0.25, 0.3) is 0 Å². The minimum absolute atomic E-state index is 0.223. The maximum Gasteiger partial charge on any atom is 0.0360 e. The quantitative estimate of drug-likeness (QED) is 0.137. The van der Waals surface area contributed by atoms with E-state index in [1.165, 1.54) is 108 Å². The zero-order chi connectivity index (χ0) is 30.0. The Labute approximate surface area is 283 Å². The summed E-state index contributed by atoms with van der Waals surface area (Å²) in [5.41, 5.74) is 17.6. The third-order valence-corrected chi connectivity index (χ3v) is 13.6. The highest BCUT2D eigenvalue weighted by Gasteiger charge is 2.46. The van der Waals surface area contributed by atoms with E-state index in [1.54, 1.807) is 0 Å². The van der Waals surface area contributed by atoms with Crippen LogP contribution in [0, 0.1) is 0 Å². The van der Waals surface area contributed by atoms with E-state index in [0.717, 1.165) is 0 Å². The lowest BCUT2D eigenvalue weighted by Gasteiger charge is -2.44. The Bertz CT molecular complexity index is 2420. The Balaban J connectivity index is 1.24. The van der Waals surface area contributed by atoms with Crippen LogP contribution in [0.2, 0.25) is 0 Å². The fraction of sp³-hybridized carbons (Fsp3) is 0.0909. The summed E-state index contributed by atoms with van der Waals surface area (Å²) in [4.78, 5) is 0. The molecule has 0 fully saturated rings. The molecular weight excluding hydrogens is 688 g/mol. The van der Waals surface area contributed by atoms with E-state index in [-0.39, 0.29) is 23.7 Å². The van der Waals surface area contributed by atoms with E-state index >= 15 is 0 Å². The number of benzene rings is 8. The zero-order valence-electron chi connectivity index (χ0n) is 24.6.